The molecule has 0 fully saturated rings. The number of rotatable bonds is 5. The minimum atomic E-state index is -0.903. The molecule has 2 N–H and O–H groups in total. The van der Waals surface area contributed by atoms with Crippen LogP contribution in [0.5, 0.6) is 0 Å². The second-order valence-electron chi connectivity index (χ2n) is 4.48. The molecule has 0 radical (unpaired) electrons. The van der Waals surface area contributed by atoms with E-state index >= 15 is 0 Å². The van der Waals surface area contributed by atoms with Crippen molar-refractivity contribution in [1.82, 2.24) is 10.3 Å². The Kier molecular flexibility index (Phi) is 4.29. The van der Waals surface area contributed by atoms with Gasteiger partial charge in [-0.3, -0.25) is 0 Å². The number of aromatic nitrogens is 1. The fraction of sp³-hybridized carbons (Fsp3) is 0.357. The highest BCUT2D eigenvalue weighted by atomic mass is 19.1. The lowest BCUT2D eigenvalue weighted by Gasteiger charge is -2.15. The van der Waals surface area contributed by atoms with Gasteiger partial charge < -0.3 is 14.8 Å². The molecule has 0 aliphatic heterocycles. The van der Waals surface area contributed by atoms with Crippen molar-refractivity contribution in [3.63, 3.8) is 0 Å². The molecule has 1 aromatic heterocycles. The molecule has 0 aliphatic rings. The molecule has 19 heavy (non-hydrogen) atoms. The van der Waals surface area contributed by atoms with Gasteiger partial charge in [0.1, 0.15) is 11.6 Å². The molecule has 2 aromatic rings. The van der Waals surface area contributed by atoms with Crippen molar-refractivity contribution < 1.29 is 13.9 Å². The van der Waals surface area contributed by atoms with Crippen LogP contribution in [-0.4, -0.2) is 16.6 Å². The zero-order valence-electron chi connectivity index (χ0n) is 10.9. The fourth-order valence-electron chi connectivity index (χ4n) is 1.80. The van der Waals surface area contributed by atoms with Crippen molar-refractivity contribution in [3.05, 3.63) is 53.5 Å². The molecule has 0 saturated carbocycles. The second-order valence-corrected chi connectivity index (χ2v) is 4.48. The first-order valence-corrected chi connectivity index (χ1v) is 6.16. The molecular formula is C14H17FN2O2. The molecule has 2 rings (SSSR count). The van der Waals surface area contributed by atoms with Gasteiger partial charge in [0.15, 0.2) is 0 Å². The Morgan fingerprint density at radius 3 is 2.79 bits per heavy atom. The van der Waals surface area contributed by atoms with Crippen LogP contribution in [0.1, 0.15) is 36.3 Å². The highest BCUT2D eigenvalue weighted by Gasteiger charge is 2.16. The van der Waals surface area contributed by atoms with Crippen molar-refractivity contribution in [2.45, 2.75) is 26.0 Å². The number of nitrogens with zero attached hydrogens (tertiary/aromatic N) is 1. The SMILES string of the molecule is Cc1cnc(C(C)NCC(O)c2ccccc2F)o1. The molecule has 0 saturated heterocycles. The molecule has 0 spiro atoms. The first kappa shape index (κ1) is 13.7. The summed E-state index contributed by atoms with van der Waals surface area (Å²) >= 11 is 0. The topological polar surface area (TPSA) is 58.3 Å². The van der Waals surface area contributed by atoms with E-state index in [1.165, 1.54) is 6.07 Å². The molecular weight excluding hydrogens is 247 g/mol. The number of nitrogens with one attached hydrogen (secondary N) is 1. The van der Waals surface area contributed by atoms with Crippen LogP contribution in [0.15, 0.2) is 34.9 Å². The number of aliphatic hydroxyl groups is 1. The Labute approximate surface area is 111 Å². The van der Waals surface area contributed by atoms with Gasteiger partial charge in [-0.05, 0) is 19.9 Å². The normalized spacial score (nSPS) is 14.3. The average Bonchev–Trinajstić information content (AvgIpc) is 2.83. The van der Waals surface area contributed by atoms with Crippen LogP contribution < -0.4 is 5.32 Å². The van der Waals surface area contributed by atoms with Gasteiger partial charge in [-0.25, -0.2) is 9.37 Å². The summed E-state index contributed by atoms with van der Waals surface area (Å²) in [5.41, 5.74) is 0.283. The number of hydrogen-bond acceptors (Lipinski definition) is 4. The van der Waals surface area contributed by atoms with Gasteiger partial charge in [0.2, 0.25) is 5.89 Å². The van der Waals surface area contributed by atoms with Crippen molar-refractivity contribution in [1.29, 1.82) is 0 Å². The van der Waals surface area contributed by atoms with E-state index in [0.29, 0.717) is 5.89 Å². The van der Waals surface area contributed by atoms with Crippen molar-refractivity contribution >= 4 is 0 Å². The van der Waals surface area contributed by atoms with E-state index in [-0.39, 0.29) is 18.2 Å². The summed E-state index contributed by atoms with van der Waals surface area (Å²) in [6, 6.07) is 6.05. The van der Waals surface area contributed by atoms with Crippen LogP contribution in [0.4, 0.5) is 4.39 Å². The third-order valence-corrected chi connectivity index (χ3v) is 2.89. The van der Waals surface area contributed by atoms with Gasteiger partial charge in [-0.2, -0.15) is 0 Å². The summed E-state index contributed by atoms with van der Waals surface area (Å²) in [4.78, 5) is 4.10. The molecule has 0 aliphatic carbocycles. The van der Waals surface area contributed by atoms with E-state index in [0.717, 1.165) is 5.76 Å². The van der Waals surface area contributed by atoms with Crippen LogP contribution in [0.25, 0.3) is 0 Å². The summed E-state index contributed by atoms with van der Waals surface area (Å²) in [7, 11) is 0. The fourth-order valence-corrected chi connectivity index (χ4v) is 1.80. The maximum Gasteiger partial charge on any atom is 0.211 e. The molecule has 5 heteroatoms. The number of aliphatic hydroxyl groups excluding tert-OH is 1. The van der Waals surface area contributed by atoms with Gasteiger partial charge in [-0.1, -0.05) is 18.2 Å². The van der Waals surface area contributed by atoms with Gasteiger partial charge >= 0.3 is 0 Å². The van der Waals surface area contributed by atoms with Crippen LogP contribution in [0.2, 0.25) is 0 Å². The van der Waals surface area contributed by atoms with Gasteiger partial charge in [0.25, 0.3) is 0 Å². The molecule has 102 valence electrons. The highest BCUT2D eigenvalue weighted by molar-refractivity contribution is 5.20. The van der Waals surface area contributed by atoms with E-state index in [4.69, 9.17) is 4.42 Å². The van der Waals surface area contributed by atoms with Crippen molar-refractivity contribution in [3.8, 4) is 0 Å². The first-order valence-electron chi connectivity index (χ1n) is 6.16. The predicted octanol–water partition coefficient (Wildman–Crippen LogP) is 2.51. The largest absolute Gasteiger partial charge is 0.444 e. The van der Waals surface area contributed by atoms with Crippen LogP contribution in [0.3, 0.4) is 0 Å². The Balaban J connectivity index is 1.94. The summed E-state index contributed by atoms with van der Waals surface area (Å²) in [5.74, 6) is 0.882. The van der Waals surface area contributed by atoms with E-state index in [2.05, 4.69) is 10.3 Å². The number of aryl methyl sites for hydroxylation is 1. The molecule has 0 amide bonds. The minimum absolute atomic E-state index is 0.143. The van der Waals surface area contributed by atoms with Gasteiger partial charge in [0, 0.05) is 12.1 Å². The molecule has 2 unspecified atom stereocenters. The Morgan fingerprint density at radius 1 is 1.42 bits per heavy atom. The lowest BCUT2D eigenvalue weighted by atomic mass is 10.1. The number of halogens is 1. The molecule has 1 heterocycles. The Morgan fingerprint density at radius 2 is 2.16 bits per heavy atom. The lowest BCUT2D eigenvalue weighted by molar-refractivity contribution is 0.164. The van der Waals surface area contributed by atoms with Crippen molar-refractivity contribution in [2.75, 3.05) is 6.54 Å². The van der Waals surface area contributed by atoms with Gasteiger partial charge in [0.05, 0.1) is 18.3 Å². The number of oxazole rings is 1. The zero-order valence-corrected chi connectivity index (χ0v) is 10.9. The third-order valence-electron chi connectivity index (χ3n) is 2.89. The quantitative estimate of drug-likeness (QED) is 0.871. The van der Waals surface area contributed by atoms with E-state index in [9.17, 15) is 9.50 Å². The standard InChI is InChI=1S/C14H17FN2O2/c1-9-7-17-14(19-9)10(2)16-8-13(18)11-5-3-4-6-12(11)15/h3-7,10,13,16,18H,8H2,1-2H3. The molecule has 2 atom stereocenters. The number of benzene rings is 1. The van der Waals surface area contributed by atoms with E-state index < -0.39 is 11.9 Å². The number of hydrogen-bond donors (Lipinski definition) is 2. The first-order chi connectivity index (χ1) is 9.08. The predicted molar refractivity (Wildman–Crippen MR) is 69.0 cm³/mol. The zero-order chi connectivity index (χ0) is 13.8. The van der Waals surface area contributed by atoms with Crippen LogP contribution in [-0.2, 0) is 0 Å². The lowest BCUT2D eigenvalue weighted by Crippen LogP contribution is -2.25. The monoisotopic (exact) mass is 264 g/mol. The summed E-state index contributed by atoms with van der Waals surface area (Å²) in [6.45, 7) is 3.92. The van der Waals surface area contributed by atoms with Crippen molar-refractivity contribution in [2.24, 2.45) is 0 Å². The molecule has 1 aromatic carbocycles. The van der Waals surface area contributed by atoms with Crippen LogP contribution >= 0.6 is 0 Å². The van der Waals surface area contributed by atoms with E-state index in [1.807, 2.05) is 13.8 Å². The summed E-state index contributed by atoms with van der Waals surface area (Å²) in [6.07, 6.45) is 0.737. The smallest absolute Gasteiger partial charge is 0.211 e. The van der Waals surface area contributed by atoms with Gasteiger partial charge in [-0.15, -0.1) is 0 Å². The second kappa shape index (κ2) is 5.95. The van der Waals surface area contributed by atoms with E-state index in [1.54, 1.807) is 24.4 Å². The summed E-state index contributed by atoms with van der Waals surface area (Å²) in [5, 5.41) is 13.0. The maximum atomic E-state index is 13.5. The van der Waals surface area contributed by atoms with Crippen LogP contribution in [0, 0.1) is 12.7 Å². The maximum absolute atomic E-state index is 13.5. The third kappa shape index (κ3) is 3.39. The average molecular weight is 264 g/mol. The minimum Gasteiger partial charge on any atom is -0.444 e. The highest BCUT2D eigenvalue weighted by Crippen LogP contribution is 2.18. The Hall–Kier alpha value is -1.72. The molecule has 4 nitrogen and oxygen atoms in total. The Bertz CT molecular complexity index is 542. The molecule has 0 bridgehead atoms. The summed E-state index contributed by atoms with van der Waals surface area (Å²) < 4.78 is 18.8.